The summed E-state index contributed by atoms with van der Waals surface area (Å²) in [4.78, 5) is 39.3. The molecule has 29 heavy (non-hydrogen) atoms. The molecular weight excluding hydrogens is 372 g/mol. The number of amides is 2. The SMILES string of the molecule is Cc1cccc(C(=O)N[C@@H](C)C(=O)N2CCN(c3ccc([N+](=O)[O-])cc3)CC2)c1. The summed E-state index contributed by atoms with van der Waals surface area (Å²) < 4.78 is 0. The predicted molar refractivity (Wildman–Crippen MR) is 110 cm³/mol. The second-order valence-electron chi connectivity index (χ2n) is 7.15. The Kier molecular flexibility index (Phi) is 6.11. The van der Waals surface area contributed by atoms with Crippen LogP contribution in [0.5, 0.6) is 0 Å². The van der Waals surface area contributed by atoms with Crippen LogP contribution >= 0.6 is 0 Å². The average molecular weight is 396 g/mol. The lowest BCUT2D eigenvalue weighted by molar-refractivity contribution is -0.384. The molecule has 1 heterocycles. The molecule has 0 bridgehead atoms. The molecule has 0 saturated carbocycles. The number of nitro benzene ring substituents is 1. The predicted octanol–water partition coefficient (Wildman–Crippen LogP) is 2.37. The summed E-state index contributed by atoms with van der Waals surface area (Å²) in [5.74, 6) is -0.381. The van der Waals surface area contributed by atoms with E-state index in [1.54, 1.807) is 36.1 Å². The molecule has 0 aliphatic carbocycles. The van der Waals surface area contributed by atoms with Gasteiger partial charge >= 0.3 is 0 Å². The lowest BCUT2D eigenvalue weighted by atomic mass is 10.1. The number of nitrogens with one attached hydrogen (secondary N) is 1. The number of hydrogen-bond donors (Lipinski definition) is 1. The van der Waals surface area contributed by atoms with Gasteiger partial charge in [0.15, 0.2) is 0 Å². The van der Waals surface area contributed by atoms with Crippen LogP contribution in [0.3, 0.4) is 0 Å². The Morgan fingerprint density at radius 2 is 1.72 bits per heavy atom. The maximum absolute atomic E-state index is 12.7. The van der Waals surface area contributed by atoms with E-state index in [2.05, 4.69) is 10.2 Å². The van der Waals surface area contributed by atoms with E-state index >= 15 is 0 Å². The highest BCUT2D eigenvalue weighted by Crippen LogP contribution is 2.20. The van der Waals surface area contributed by atoms with E-state index in [1.807, 2.05) is 19.1 Å². The van der Waals surface area contributed by atoms with Crippen molar-refractivity contribution >= 4 is 23.2 Å². The van der Waals surface area contributed by atoms with Gasteiger partial charge in [-0.1, -0.05) is 17.7 Å². The van der Waals surface area contributed by atoms with Crippen molar-refractivity contribution in [1.29, 1.82) is 0 Å². The molecule has 1 fully saturated rings. The number of non-ortho nitro benzene ring substituents is 1. The van der Waals surface area contributed by atoms with Crippen molar-refractivity contribution < 1.29 is 14.5 Å². The molecule has 8 nitrogen and oxygen atoms in total. The number of nitro groups is 1. The number of carbonyl (C=O) groups is 2. The Morgan fingerprint density at radius 1 is 1.07 bits per heavy atom. The minimum absolute atomic E-state index is 0.0562. The normalized spacial score (nSPS) is 15.0. The second-order valence-corrected chi connectivity index (χ2v) is 7.15. The van der Waals surface area contributed by atoms with Crippen molar-refractivity contribution in [2.75, 3.05) is 31.1 Å². The zero-order valence-electron chi connectivity index (χ0n) is 16.5. The summed E-state index contributed by atoms with van der Waals surface area (Å²) in [5, 5.41) is 13.5. The quantitative estimate of drug-likeness (QED) is 0.618. The van der Waals surface area contributed by atoms with E-state index in [4.69, 9.17) is 0 Å². The topological polar surface area (TPSA) is 95.8 Å². The van der Waals surface area contributed by atoms with Gasteiger partial charge in [0.05, 0.1) is 4.92 Å². The third-order valence-corrected chi connectivity index (χ3v) is 5.02. The largest absolute Gasteiger partial charge is 0.368 e. The Labute approximate surface area is 169 Å². The third kappa shape index (κ3) is 4.90. The van der Waals surface area contributed by atoms with Crippen molar-refractivity contribution in [2.45, 2.75) is 19.9 Å². The summed E-state index contributed by atoms with van der Waals surface area (Å²) in [6, 6.07) is 13.0. The molecule has 2 aromatic carbocycles. The van der Waals surface area contributed by atoms with E-state index in [1.165, 1.54) is 12.1 Å². The number of aryl methyl sites for hydroxylation is 1. The number of carbonyl (C=O) groups excluding carboxylic acids is 2. The van der Waals surface area contributed by atoms with E-state index in [0.717, 1.165) is 11.3 Å². The summed E-state index contributed by atoms with van der Waals surface area (Å²) in [7, 11) is 0. The molecule has 1 N–H and O–H groups in total. The first-order valence-electron chi connectivity index (χ1n) is 9.51. The van der Waals surface area contributed by atoms with Crippen LogP contribution in [-0.4, -0.2) is 53.9 Å². The number of benzene rings is 2. The molecule has 2 aromatic rings. The van der Waals surface area contributed by atoms with Gasteiger partial charge in [0.25, 0.3) is 11.6 Å². The lowest BCUT2D eigenvalue weighted by Crippen LogP contribution is -2.54. The van der Waals surface area contributed by atoms with Gasteiger partial charge in [-0.05, 0) is 38.1 Å². The Hall–Kier alpha value is -3.42. The molecule has 1 aliphatic heterocycles. The van der Waals surface area contributed by atoms with Crippen molar-refractivity contribution in [2.24, 2.45) is 0 Å². The maximum Gasteiger partial charge on any atom is 0.269 e. The van der Waals surface area contributed by atoms with Crippen LogP contribution in [-0.2, 0) is 4.79 Å². The van der Waals surface area contributed by atoms with Gasteiger partial charge in [0.1, 0.15) is 6.04 Å². The highest BCUT2D eigenvalue weighted by Gasteiger charge is 2.26. The van der Waals surface area contributed by atoms with E-state index < -0.39 is 11.0 Å². The van der Waals surface area contributed by atoms with Gasteiger partial charge in [-0.25, -0.2) is 0 Å². The van der Waals surface area contributed by atoms with Gasteiger partial charge in [0.2, 0.25) is 5.91 Å². The first-order chi connectivity index (χ1) is 13.8. The summed E-state index contributed by atoms with van der Waals surface area (Å²) in [6.45, 7) is 5.92. The maximum atomic E-state index is 12.7. The van der Waals surface area contributed by atoms with Crippen molar-refractivity contribution in [3.63, 3.8) is 0 Å². The van der Waals surface area contributed by atoms with Crippen LogP contribution < -0.4 is 10.2 Å². The van der Waals surface area contributed by atoms with Gasteiger partial charge < -0.3 is 15.1 Å². The van der Waals surface area contributed by atoms with Gasteiger partial charge in [-0.15, -0.1) is 0 Å². The number of hydrogen-bond acceptors (Lipinski definition) is 5. The minimum atomic E-state index is -0.617. The molecule has 8 heteroatoms. The third-order valence-electron chi connectivity index (χ3n) is 5.02. The van der Waals surface area contributed by atoms with Gasteiger partial charge in [0, 0.05) is 49.6 Å². The molecule has 3 rings (SSSR count). The monoisotopic (exact) mass is 396 g/mol. The van der Waals surface area contributed by atoms with Crippen molar-refractivity contribution in [1.82, 2.24) is 10.2 Å². The zero-order valence-corrected chi connectivity index (χ0v) is 16.5. The Bertz CT molecular complexity index is 905. The van der Waals surface area contributed by atoms with Crippen LogP contribution in [0, 0.1) is 17.0 Å². The first kappa shape index (κ1) is 20.3. The number of piperazine rings is 1. The zero-order chi connectivity index (χ0) is 21.0. The van der Waals surface area contributed by atoms with Crippen molar-refractivity contribution in [3.8, 4) is 0 Å². The van der Waals surface area contributed by atoms with E-state index in [0.29, 0.717) is 31.7 Å². The highest BCUT2D eigenvalue weighted by atomic mass is 16.6. The minimum Gasteiger partial charge on any atom is -0.368 e. The first-order valence-corrected chi connectivity index (χ1v) is 9.51. The molecular formula is C21H24N4O4. The molecule has 1 atom stereocenters. The average Bonchev–Trinajstić information content (AvgIpc) is 2.73. The molecule has 2 amide bonds. The molecule has 0 unspecified atom stereocenters. The van der Waals surface area contributed by atoms with Gasteiger partial charge in [-0.3, -0.25) is 19.7 Å². The van der Waals surface area contributed by atoms with E-state index in [-0.39, 0.29) is 17.5 Å². The van der Waals surface area contributed by atoms with Crippen LogP contribution in [0.15, 0.2) is 48.5 Å². The smallest absolute Gasteiger partial charge is 0.269 e. The molecule has 1 saturated heterocycles. The summed E-state index contributed by atoms with van der Waals surface area (Å²) in [5.41, 5.74) is 2.47. The number of rotatable bonds is 5. The highest BCUT2D eigenvalue weighted by molar-refractivity contribution is 5.97. The number of anilines is 1. The lowest BCUT2D eigenvalue weighted by Gasteiger charge is -2.37. The van der Waals surface area contributed by atoms with Crippen LogP contribution in [0.4, 0.5) is 11.4 Å². The van der Waals surface area contributed by atoms with Crippen LogP contribution in [0.25, 0.3) is 0 Å². The molecule has 0 spiro atoms. The fraction of sp³-hybridized carbons (Fsp3) is 0.333. The molecule has 152 valence electrons. The van der Waals surface area contributed by atoms with Crippen LogP contribution in [0.1, 0.15) is 22.8 Å². The number of nitrogens with zero attached hydrogens (tertiary/aromatic N) is 3. The second kappa shape index (κ2) is 8.72. The van der Waals surface area contributed by atoms with E-state index in [9.17, 15) is 19.7 Å². The molecule has 1 aliphatic rings. The summed E-state index contributed by atoms with van der Waals surface area (Å²) >= 11 is 0. The standard InChI is InChI=1S/C21H24N4O4/c1-15-4-3-5-17(14-15)20(26)22-16(2)21(27)24-12-10-23(11-13-24)18-6-8-19(9-7-18)25(28)29/h3-9,14,16H,10-13H2,1-2H3,(H,22,26)/t16-/m0/s1. The van der Waals surface area contributed by atoms with Crippen LogP contribution in [0.2, 0.25) is 0 Å². The Balaban J connectivity index is 1.53. The van der Waals surface area contributed by atoms with Crippen molar-refractivity contribution in [3.05, 3.63) is 69.8 Å². The molecule has 0 radical (unpaired) electrons. The fourth-order valence-electron chi connectivity index (χ4n) is 3.37. The Morgan fingerprint density at radius 3 is 2.31 bits per heavy atom. The summed E-state index contributed by atoms with van der Waals surface area (Å²) in [6.07, 6.45) is 0. The molecule has 0 aromatic heterocycles. The fourth-order valence-corrected chi connectivity index (χ4v) is 3.37. The van der Waals surface area contributed by atoms with Gasteiger partial charge in [-0.2, -0.15) is 0 Å².